The van der Waals surface area contributed by atoms with Crippen molar-refractivity contribution in [1.82, 2.24) is 0 Å². The number of carbonyl (C=O) groups is 1. The van der Waals surface area contributed by atoms with Gasteiger partial charge in [-0.05, 0) is 36.4 Å². The number of methoxy groups -OCH3 is 2. The normalized spacial score (nSPS) is 10.4. The lowest BCUT2D eigenvalue weighted by Crippen LogP contribution is -2.08. The molecule has 0 fully saturated rings. The molecule has 108 valence electrons. The highest BCUT2D eigenvalue weighted by molar-refractivity contribution is 6.24. The maximum absolute atomic E-state index is 11.7. The van der Waals surface area contributed by atoms with E-state index in [1.54, 1.807) is 62.8 Å². The number of benzene rings is 2. The van der Waals surface area contributed by atoms with Crippen molar-refractivity contribution in [2.45, 2.75) is 0 Å². The van der Waals surface area contributed by atoms with Crippen molar-refractivity contribution in [3.63, 3.8) is 0 Å². The third-order valence-corrected chi connectivity index (χ3v) is 2.65. The Morgan fingerprint density at radius 2 is 1.62 bits per heavy atom. The maximum atomic E-state index is 11.7. The van der Waals surface area contributed by atoms with Crippen LogP contribution in [-0.4, -0.2) is 26.4 Å². The van der Waals surface area contributed by atoms with E-state index in [9.17, 15) is 4.79 Å². The van der Waals surface area contributed by atoms with E-state index in [4.69, 9.17) is 14.2 Å². The van der Waals surface area contributed by atoms with Crippen LogP contribution >= 0.6 is 0 Å². The van der Waals surface area contributed by atoms with Crippen molar-refractivity contribution in [1.29, 1.82) is 0 Å². The minimum atomic E-state index is -0.556. The predicted molar refractivity (Wildman–Crippen MR) is 79.8 cm³/mol. The van der Waals surface area contributed by atoms with Gasteiger partial charge in [0.2, 0.25) is 0 Å². The van der Waals surface area contributed by atoms with Crippen LogP contribution in [0.5, 0.6) is 17.2 Å². The van der Waals surface area contributed by atoms with Crippen LogP contribution in [-0.2, 0) is 4.79 Å². The summed E-state index contributed by atoms with van der Waals surface area (Å²) in [6.45, 7) is 0. The smallest absolute Gasteiger partial charge is 0.354 e. The van der Waals surface area contributed by atoms with Crippen LogP contribution in [0.15, 0.2) is 53.5 Å². The van der Waals surface area contributed by atoms with Crippen LogP contribution in [0.3, 0.4) is 0 Å². The number of ether oxygens (including phenoxy) is 3. The average molecular weight is 285 g/mol. The second kappa shape index (κ2) is 7.09. The van der Waals surface area contributed by atoms with E-state index in [0.29, 0.717) is 17.2 Å². The summed E-state index contributed by atoms with van der Waals surface area (Å²) in [6, 6.07) is 13.8. The van der Waals surface area contributed by atoms with Gasteiger partial charge in [0.05, 0.1) is 19.9 Å². The number of hydrogen-bond donors (Lipinski definition) is 0. The van der Waals surface area contributed by atoms with E-state index >= 15 is 0 Å². The summed E-state index contributed by atoms with van der Waals surface area (Å²) >= 11 is 0. The van der Waals surface area contributed by atoms with E-state index in [-0.39, 0.29) is 0 Å². The summed E-state index contributed by atoms with van der Waals surface area (Å²) in [6.07, 6.45) is 1.13. The van der Waals surface area contributed by atoms with E-state index in [1.807, 2.05) is 0 Å². The molecule has 0 atom stereocenters. The van der Waals surface area contributed by atoms with Crippen LogP contribution in [0.2, 0.25) is 0 Å². The minimum Gasteiger partial charge on any atom is -0.497 e. The molecule has 0 spiro atoms. The quantitative estimate of drug-likeness (QED) is 0.481. The number of aliphatic imine (C=N–C) groups is 1. The average Bonchev–Trinajstić information content (AvgIpc) is 2.53. The van der Waals surface area contributed by atoms with Crippen molar-refractivity contribution in [3.8, 4) is 17.2 Å². The number of rotatable bonds is 5. The molecule has 0 N–H and O–H groups in total. The topological polar surface area (TPSA) is 57.1 Å². The highest BCUT2D eigenvalue weighted by atomic mass is 16.5. The summed E-state index contributed by atoms with van der Waals surface area (Å²) in [7, 11) is 3.13. The first-order valence-electron chi connectivity index (χ1n) is 6.25. The van der Waals surface area contributed by atoms with Gasteiger partial charge in [-0.15, -0.1) is 0 Å². The lowest BCUT2D eigenvalue weighted by atomic mass is 10.3. The predicted octanol–water partition coefficient (Wildman–Crippen LogP) is 3.01. The molecule has 2 aromatic rings. The fourth-order valence-corrected chi connectivity index (χ4v) is 1.60. The third-order valence-electron chi connectivity index (χ3n) is 2.65. The first kappa shape index (κ1) is 14.6. The van der Waals surface area contributed by atoms with E-state index in [1.165, 1.54) is 0 Å². The first-order valence-corrected chi connectivity index (χ1v) is 6.25. The monoisotopic (exact) mass is 285 g/mol. The first-order chi connectivity index (χ1) is 10.2. The molecule has 2 aromatic carbocycles. The molecule has 5 heteroatoms. The van der Waals surface area contributed by atoms with Gasteiger partial charge in [-0.3, -0.25) is 0 Å². The Bertz CT molecular complexity index is 635. The van der Waals surface area contributed by atoms with Gasteiger partial charge in [0.15, 0.2) is 0 Å². The molecule has 0 heterocycles. The summed E-state index contributed by atoms with van der Waals surface area (Å²) in [4.78, 5) is 15.7. The molecule has 0 aliphatic heterocycles. The third kappa shape index (κ3) is 4.35. The molecule has 0 bridgehead atoms. The molecule has 0 aromatic heterocycles. The fraction of sp³-hybridized carbons (Fsp3) is 0.125. The second-order valence-corrected chi connectivity index (χ2v) is 4.06. The summed E-state index contributed by atoms with van der Waals surface area (Å²) in [5.74, 6) is 1.19. The molecule has 0 saturated heterocycles. The highest BCUT2D eigenvalue weighted by Gasteiger charge is 2.02. The zero-order valence-electron chi connectivity index (χ0n) is 11.8. The molecule has 0 amide bonds. The van der Waals surface area contributed by atoms with Gasteiger partial charge < -0.3 is 14.2 Å². The largest absolute Gasteiger partial charge is 0.497 e. The van der Waals surface area contributed by atoms with Gasteiger partial charge in [-0.2, -0.15) is 0 Å². The van der Waals surface area contributed by atoms with Gasteiger partial charge in [-0.1, -0.05) is 6.07 Å². The Morgan fingerprint density at radius 1 is 0.952 bits per heavy atom. The molecule has 5 nitrogen and oxygen atoms in total. The molecule has 2 rings (SSSR count). The van der Waals surface area contributed by atoms with Crippen molar-refractivity contribution in [2.24, 2.45) is 4.99 Å². The van der Waals surface area contributed by atoms with Crippen LogP contribution < -0.4 is 14.2 Å². The van der Waals surface area contributed by atoms with Crippen LogP contribution in [0.4, 0.5) is 5.69 Å². The summed E-state index contributed by atoms with van der Waals surface area (Å²) in [5, 5.41) is 0. The zero-order valence-corrected chi connectivity index (χ0v) is 11.8. The van der Waals surface area contributed by atoms with Gasteiger partial charge in [0, 0.05) is 6.07 Å². The number of esters is 1. The zero-order chi connectivity index (χ0) is 15.1. The Hall–Kier alpha value is -2.82. The van der Waals surface area contributed by atoms with E-state index in [2.05, 4.69) is 4.99 Å². The Labute approximate surface area is 122 Å². The van der Waals surface area contributed by atoms with Gasteiger partial charge in [-0.25, -0.2) is 9.79 Å². The van der Waals surface area contributed by atoms with Gasteiger partial charge in [0.1, 0.15) is 23.5 Å². The van der Waals surface area contributed by atoms with Gasteiger partial charge in [0.25, 0.3) is 0 Å². The van der Waals surface area contributed by atoms with Crippen LogP contribution in [0, 0.1) is 0 Å². The molecule has 21 heavy (non-hydrogen) atoms. The van der Waals surface area contributed by atoms with Crippen molar-refractivity contribution < 1.29 is 19.0 Å². The molecule has 0 aliphatic carbocycles. The van der Waals surface area contributed by atoms with Crippen LogP contribution in [0.1, 0.15) is 0 Å². The Balaban J connectivity index is 1.98. The molecule has 0 saturated carbocycles. The molecule has 0 unspecified atom stereocenters. The second-order valence-electron chi connectivity index (χ2n) is 4.06. The lowest BCUT2D eigenvalue weighted by molar-refractivity contribution is -0.126. The standard InChI is InChI=1S/C16H15NO4/c1-19-13-8-6-12(7-9-13)17-11-16(18)21-15-5-3-4-14(10-15)20-2/h3-11H,1-2H3. The van der Waals surface area contributed by atoms with Crippen LogP contribution in [0.25, 0.3) is 0 Å². The molecule has 0 aliphatic rings. The molecular weight excluding hydrogens is 270 g/mol. The minimum absolute atomic E-state index is 0.403. The Kier molecular flexibility index (Phi) is 4.93. The van der Waals surface area contributed by atoms with Gasteiger partial charge >= 0.3 is 5.97 Å². The highest BCUT2D eigenvalue weighted by Crippen LogP contribution is 2.19. The summed E-state index contributed by atoms with van der Waals surface area (Å²) < 4.78 is 15.2. The lowest BCUT2D eigenvalue weighted by Gasteiger charge is -2.03. The molecular formula is C16H15NO4. The number of nitrogens with zero attached hydrogens (tertiary/aromatic N) is 1. The Morgan fingerprint density at radius 3 is 2.29 bits per heavy atom. The summed E-state index contributed by atoms with van der Waals surface area (Å²) in [5.41, 5.74) is 0.637. The van der Waals surface area contributed by atoms with E-state index < -0.39 is 5.97 Å². The fourth-order valence-electron chi connectivity index (χ4n) is 1.60. The maximum Gasteiger partial charge on any atom is 0.354 e. The molecule has 0 radical (unpaired) electrons. The number of carbonyl (C=O) groups excluding carboxylic acids is 1. The number of hydrogen-bond acceptors (Lipinski definition) is 5. The van der Waals surface area contributed by atoms with Crippen molar-refractivity contribution in [3.05, 3.63) is 48.5 Å². The van der Waals surface area contributed by atoms with Crippen molar-refractivity contribution in [2.75, 3.05) is 14.2 Å². The SMILES string of the molecule is COc1ccc(N=CC(=O)Oc2cccc(OC)c2)cc1. The van der Waals surface area contributed by atoms with E-state index in [0.717, 1.165) is 12.0 Å². The van der Waals surface area contributed by atoms with Crippen molar-refractivity contribution >= 4 is 17.9 Å².